The maximum atomic E-state index is 12.9. The molecular weight excluding hydrogens is 332 g/mol. The van der Waals surface area contributed by atoms with Crippen molar-refractivity contribution in [1.82, 2.24) is 20.0 Å². The third-order valence-electron chi connectivity index (χ3n) is 5.47. The number of urea groups is 1. The summed E-state index contributed by atoms with van der Waals surface area (Å²) in [5.74, 6) is -0.303. The summed E-state index contributed by atoms with van der Waals surface area (Å²) in [6, 6.07) is -0.321. The zero-order valence-corrected chi connectivity index (χ0v) is 15.1. The third-order valence-corrected chi connectivity index (χ3v) is 5.47. The Balaban J connectivity index is 0.00000208. The summed E-state index contributed by atoms with van der Waals surface area (Å²) in [6.45, 7) is 2.86. The monoisotopic (exact) mass is 358 g/mol. The minimum Gasteiger partial charge on any atom is -0.340 e. The summed E-state index contributed by atoms with van der Waals surface area (Å²) in [5.41, 5.74) is -0.698. The van der Waals surface area contributed by atoms with Crippen molar-refractivity contribution < 1.29 is 14.4 Å². The van der Waals surface area contributed by atoms with Crippen molar-refractivity contribution in [3.05, 3.63) is 0 Å². The lowest BCUT2D eigenvalue weighted by Gasteiger charge is -2.35. The molecule has 1 spiro atoms. The molecule has 3 fully saturated rings. The van der Waals surface area contributed by atoms with Gasteiger partial charge >= 0.3 is 6.03 Å². The molecule has 24 heavy (non-hydrogen) atoms. The van der Waals surface area contributed by atoms with Gasteiger partial charge in [0.1, 0.15) is 12.1 Å². The Kier molecular flexibility index (Phi) is 6.09. The fourth-order valence-corrected chi connectivity index (χ4v) is 4.00. The smallest absolute Gasteiger partial charge is 0.327 e. The van der Waals surface area contributed by atoms with E-state index in [0.717, 1.165) is 38.8 Å². The quantitative estimate of drug-likeness (QED) is 0.742. The molecule has 1 N–H and O–H groups in total. The van der Waals surface area contributed by atoms with Crippen molar-refractivity contribution in [2.45, 2.75) is 44.1 Å². The molecule has 2 heterocycles. The second kappa shape index (κ2) is 7.70. The van der Waals surface area contributed by atoms with Crippen LogP contribution in [0.15, 0.2) is 0 Å². The molecule has 0 aromatic rings. The van der Waals surface area contributed by atoms with Gasteiger partial charge in [-0.1, -0.05) is 19.3 Å². The maximum absolute atomic E-state index is 12.9. The maximum Gasteiger partial charge on any atom is 0.327 e. The average molecular weight is 359 g/mol. The predicted octanol–water partition coefficient (Wildman–Crippen LogP) is 0.827. The van der Waals surface area contributed by atoms with Crippen molar-refractivity contribution in [3.63, 3.8) is 0 Å². The summed E-state index contributed by atoms with van der Waals surface area (Å²) in [6.07, 6.45) is 5.36. The van der Waals surface area contributed by atoms with Gasteiger partial charge in [-0.3, -0.25) is 14.5 Å². The first-order valence-corrected chi connectivity index (χ1v) is 8.64. The highest BCUT2D eigenvalue weighted by Crippen LogP contribution is 2.39. The van der Waals surface area contributed by atoms with Gasteiger partial charge in [-0.2, -0.15) is 0 Å². The molecule has 2 saturated heterocycles. The highest BCUT2D eigenvalue weighted by molar-refractivity contribution is 6.08. The van der Waals surface area contributed by atoms with Gasteiger partial charge in [0.2, 0.25) is 5.91 Å². The van der Waals surface area contributed by atoms with E-state index in [4.69, 9.17) is 0 Å². The third kappa shape index (κ3) is 3.24. The molecule has 3 rings (SSSR count). The molecule has 0 unspecified atom stereocenters. The molecule has 3 aliphatic rings. The molecule has 2 aliphatic heterocycles. The van der Waals surface area contributed by atoms with E-state index in [9.17, 15) is 14.4 Å². The molecule has 7 nitrogen and oxygen atoms in total. The highest BCUT2D eigenvalue weighted by Gasteiger charge is 2.55. The first-order valence-electron chi connectivity index (χ1n) is 8.64. The van der Waals surface area contributed by atoms with Crippen LogP contribution in [0.4, 0.5) is 4.79 Å². The van der Waals surface area contributed by atoms with Gasteiger partial charge in [-0.05, 0) is 25.8 Å². The number of carbonyl (C=O) groups is 3. The highest BCUT2D eigenvalue weighted by atomic mass is 35.5. The molecule has 0 aromatic carbocycles. The van der Waals surface area contributed by atoms with Gasteiger partial charge in [0.15, 0.2) is 0 Å². The molecule has 0 radical (unpaired) electrons. The molecule has 1 aliphatic carbocycles. The normalized spacial score (nSPS) is 24.1. The predicted molar refractivity (Wildman–Crippen MR) is 92.0 cm³/mol. The van der Waals surface area contributed by atoms with E-state index >= 15 is 0 Å². The van der Waals surface area contributed by atoms with Gasteiger partial charge in [0, 0.05) is 26.7 Å². The standard InChI is InChI=1S/C16H26N4O3.ClH/c1-18-15(23)20(14(22)16(18)6-3-2-4-7-16)12-13(21)19-10-5-8-17-9-11-19;/h17H,2-12H2,1H3;1H. The van der Waals surface area contributed by atoms with Crippen LogP contribution in [-0.2, 0) is 9.59 Å². The Hall–Kier alpha value is -1.34. The van der Waals surface area contributed by atoms with E-state index in [1.54, 1.807) is 16.8 Å². The number of hydrogen-bond donors (Lipinski definition) is 1. The number of nitrogens with one attached hydrogen (secondary N) is 1. The first kappa shape index (κ1) is 19.0. The second-order valence-corrected chi connectivity index (χ2v) is 6.81. The van der Waals surface area contributed by atoms with Crippen LogP contribution in [-0.4, -0.2) is 77.9 Å². The molecule has 0 bridgehead atoms. The largest absolute Gasteiger partial charge is 0.340 e. The molecule has 0 atom stereocenters. The van der Waals surface area contributed by atoms with Crippen LogP contribution in [0.3, 0.4) is 0 Å². The fourth-order valence-electron chi connectivity index (χ4n) is 4.00. The number of imide groups is 1. The number of amides is 4. The number of carbonyl (C=O) groups excluding carboxylic acids is 3. The van der Waals surface area contributed by atoms with Gasteiger partial charge < -0.3 is 15.1 Å². The van der Waals surface area contributed by atoms with Crippen LogP contribution in [0.1, 0.15) is 38.5 Å². The zero-order valence-electron chi connectivity index (χ0n) is 14.3. The molecule has 0 aromatic heterocycles. The lowest BCUT2D eigenvalue weighted by Crippen LogP contribution is -2.49. The van der Waals surface area contributed by atoms with Crippen LogP contribution in [0.25, 0.3) is 0 Å². The Morgan fingerprint density at radius 2 is 1.79 bits per heavy atom. The zero-order chi connectivity index (χ0) is 16.4. The Labute approximate surface area is 149 Å². The van der Waals surface area contributed by atoms with Crippen LogP contribution in [0.2, 0.25) is 0 Å². The lowest BCUT2D eigenvalue weighted by atomic mass is 9.81. The molecule has 8 heteroatoms. The Morgan fingerprint density at radius 1 is 1.08 bits per heavy atom. The summed E-state index contributed by atoms with van der Waals surface area (Å²) < 4.78 is 0. The summed E-state index contributed by atoms with van der Waals surface area (Å²) in [5, 5.41) is 3.25. The number of halogens is 1. The van der Waals surface area contributed by atoms with Crippen molar-refractivity contribution >= 4 is 30.3 Å². The second-order valence-electron chi connectivity index (χ2n) is 6.81. The lowest BCUT2D eigenvalue weighted by molar-refractivity contribution is -0.140. The van der Waals surface area contributed by atoms with Crippen LogP contribution in [0, 0.1) is 0 Å². The first-order chi connectivity index (χ1) is 11.1. The number of rotatable bonds is 2. The number of likely N-dealkylation sites (N-methyl/N-ethyl adjacent to an activating group) is 1. The minimum absolute atomic E-state index is 0. The minimum atomic E-state index is -0.698. The van der Waals surface area contributed by atoms with E-state index in [2.05, 4.69) is 5.32 Å². The van der Waals surface area contributed by atoms with E-state index in [0.29, 0.717) is 25.9 Å². The summed E-state index contributed by atoms with van der Waals surface area (Å²) in [7, 11) is 1.70. The van der Waals surface area contributed by atoms with Crippen molar-refractivity contribution in [2.75, 3.05) is 39.8 Å². The van der Waals surface area contributed by atoms with Crippen molar-refractivity contribution in [2.24, 2.45) is 0 Å². The summed E-state index contributed by atoms with van der Waals surface area (Å²) >= 11 is 0. The average Bonchev–Trinajstić information content (AvgIpc) is 2.82. The number of nitrogens with zero attached hydrogens (tertiary/aromatic N) is 3. The SMILES string of the molecule is CN1C(=O)N(CC(=O)N2CCCNCC2)C(=O)C12CCCCC2.Cl. The number of hydrogen-bond acceptors (Lipinski definition) is 4. The Bertz CT molecular complexity index is 500. The Morgan fingerprint density at radius 3 is 2.50 bits per heavy atom. The van der Waals surface area contributed by atoms with Crippen LogP contribution >= 0.6 is 12.4 Å². The van der Waals surface area contributed by atoms with Gasteiger partial charge in [-0.25, -0.2) is 4.79 Å². The van der Waals surface area contributed by atoms with Crippen LogP contribution < -0.4 is 5.32 Å². The van der Waals surface area contributed by atoms with E-state index in [-0.39, 0.29) is 36.8 Å². The molecule has 4 amide bonds. The van der Waals surface area contributed by atoms with E-state index in [1.807, 2.05) is 0 Å². The van der Waals surface area contributed by atoms with Gasteiger partial charge in [0.05, 0.1) is 0 Å². The topological polar surface area (TPSA) is 73.0 Å². The van der Waals surface area contributed by atoms with E-state index in [1.165, 1.54) is 4.90 Å². The summed E-state index contributed by atoms with van der Waals surface area (Å²) in [4.78, 5) is 42.4. The van der Waals surface area contributed by atoms with Crippen LogP contribution in [0.5, 0.6) is 0 Å². The van der Waals surface area contributed by atoms with Crippen molar-refractivity contribution in [1.29, 1.82) is 0 Å². The molecular formula is C16H27ClN4O3. The molecule has 136 valence electrons. The van der Waals surface area contributed by atoms with Gasteiger partial charge in [-0.15, -0.1) is 12.4 Å². The van der Waals surface area contributed by atoms with Crippen molar-refractivity contribution in [3.8, 4) is 0 Å². The van der Waals surface area contributed by atoms with E-state index < -0.39 is 5.54 Å². The fraction of sp³-hybridized carbons (Fsp3) is 0.812. The molecule has 1 saturated carbocycles. The van der Waals surface area contributed by atoms with Gasteiger partial charge in [0.25, 0.3) is 5.91 Å².